The quantitative estimate of drug-likeness (QED) is 0.359. The predicted molar refractivity (Wildman–Crippen MR) is 121 cm³/mol. The molecule has 0 radical (unpaired) electrons. The smallest absolute Gasteiger partial charge is 0.326 e. The molecule has 0 saturated heterocycles. The molecule has 0 spiro atoms. The number of carbonyl (C=O) groups excluding carboxylic acids is 2. The van der Waals surface area contributed by atoms with E-state index in [-0.39, 0.29) is 24.5 Å². The fourth-order valence-electron chi connectivity index (χ4n) is 3.29. The molecule has 0 aromatic heterocycles. The zero-order valence-corrected chi connectivity index (χ0v) is 18.3. The number of amides is 2. The number of carbonyl (C=O) groups is 3. The third-order valence-corrected chi connectivity index (χ3v) is 4.97. The third-order valence-electron chi connectivity index (χ3n) is 4.97. The minimum absolute atomic E-state index is 0.0280. The maximum atomic E-state index is 13.0. The first-order chi connectivity index (χ1) is 15.2. The van der Waals surface area contributed by atoms with Crippen molar-refractivity contribution in [2.75, 3.05) is 0 Å². The van der Waals surface area contributed by atoms with Crippen LogP contribution in [0.2, 0.25) is 0 Å². The minimum atomic E-state index is -1.20. The van der Waals surface area contributed by atoms with E-state index in [4.69, 9.17) is 5.73 Å². The largest absolute Gasteiger partial charge is 0.508 e. The van der Waals surface area contributed by atoms with Crippen LogP contribution in [0.4, 0.5) is 0 Å². The van der Waals surface area contributed by atoms with E-state index in [1.807, 2.05) is 44.2 Å². The number of aromatic hydroxyl groups is 1. The molecule has 0 saturated carbocycles. The summed E-state index contributed by atoms with van der Waals surface area (Å²) in [4.78, 5) is 37.4. The molecule has 0 bridgehead atoms. The van der Waals surface area contributed by atoms with Gasteiger partial charge in [-0.25, -0.2) is 4.79 Å². The van der Waals surface area contributed by atoms with Crippen molar-refractivity contribution in [2.24, 2.45) is 11.7 Å². The number of carboxylic acids is 1. The van der Waals surface area contributed by atoms with Crippen molar-refractivity contribution in [3.63, 3.8) is 0 Å². The summed E-state index contributed by atoms with van der Waals surface area (Å²) in [7, 11) is 0. The van der Waals surface area contributed by atoms with E-state index in [0.717, 1.165) is 5.56 Å². The van der Waals surface area contributed by atoms with Gasteiger partial charge in [0.1, 0.15) is 17.8 Å². The molecule has 172 valence electrons. The van der Waals surface area contributed by atoms with Gasteiger partial charge in [0.2, 0.25) is 11.8 Å². The summed E-state index contributed by atoms with van der Waals surface area (Å²) in [6, 6.07) is 12.3. The SMILES string of the molecule is CC(C)CC(N)C(=O)NC(Cc1ccccc1)C(=O)NC(Cc1ccc(O)cc1)C(=O)O. The van der Waals surface area contributed by atoms with Crippen LogP contribution in [0.3, 0.4) is 0 Å². The maximum Gasteiger partial charge on any atom is 0.326 e. The normalized spacial score (nSPS) is 13.8. The number of phenolic OH excluding ortho intramolecular Hbond substituents is 1. The van der Waals surface area contributed by atoms with Gasteiger partial charge in [-0.1, -0.05) is 56.3 Å². The lowest BCUT2D eigenvalue weighted by molar-refractivity contribution is -0.142. The van der Waals surface area contributed by atoms with Gasteiger partial charge in [0.05, 0.1) is 6.04 Å². The van der Waals surface area contributed by atoms with Gasteiger partial charge in [-0.05, 0) is 35.6 Å². The molecule has 6 N–H and O–H groups in total. The molecule has 2 rings (SSSR count). The second kappa shape index (κ2) is 11.9. The van der Waals surface area contributed by atoms with E-state index in [9.17, 15) is 24.6 Å². The maximum absolute atomic E-state index is 13.0. The number of nitrogens with one attached hydrogen (secondary N) is 2. The molecule has 8 heteroatoms. The number of rotatable bonds is 11. The Balaban J connectivity index is 2.15. The van der Waals surface area contributed by atoms with Gasteiger partial charge in [-0.15, -0.1) is 0 Å². The molecular weight excluding hydrogens is 410 g/mol. The number of nitrogens with two attached hydrogens (primary N) is 1. The second-order valence-electron chi connectivity index (χ2n) is 8.26. The van der Waals surface area contributed by atoms with Crippen LogP contribution in [0.1, 0.15) is 31.4 Å². The Labute approximate surface area is 187 Å². The lowest BCUT2D eigenvalue weighted by Gasteiger charge is -2.23. The standard InChI is InChI=1S/C24H31N3O5/c1-15(2)12-19(25)22(29)26-20(13-16-6-4-3-5-7-16)23(30)27-21(24(31)32)14-17-8-10-18(28)11-9-17/h3-11,15,19-21,28H,12-14,25H2,1-2H3,(H,26,29)(H,27,30)(H,31,32). The summed E-state index contributed by atoms with van der Waals surface area (Å²) in [5, 5.41) is 24.2. The molecular formula is C24H31N3O5. The van der Waals surface area contributed by atoms with Crippen molar-refractivity contribution < 1.29 is 24.6 Å². The molecule has 0 aliphatic rings. The number of aliphatic carboxylic acids is 1. The highest BCUT2D eigenvalue weighted by molar-refractivity contribution is 5.92. The molecule has 0 aliphatic heterocycles. The predicted octanol–water partition coefficient (Wildman–Crippen LogP) is 1.61. The van der Waals surface area contributed by atoms with Gasteiger partial charge in [-0.3, -0.25) is 9.59 Å². The molecule has 2 amide bonds. The zero-order chi connectivity index (χ0) is 23.7. The van der Waals surface area contributed by atoms with E-state index in [0.29, 0.717) is 12.0 Å². The Morgan fingerprint density at radius 3 is 1.94 bits per heavy atom. The molecule has 8 nitrogen and oxygen atoms in total. The zero-order valence-electron chi connectivity index (χ0n) is 18.3. The summed E-state index contributed by atoms with van der Waals surface area (Å²) in [5.74, 6) is -2.00. The van der Waals surface area contributed by atoms with Crippen LogP contribution >= 0.6 is 0 Å². The first-order valence-electron chi connectivity index (χ1n) is 10.6. The van der Waals surface area contributed by atoms with E-state index < -0.39 is 35.9 Å². The van der Waals surface area contributed by atoms with Gasteiger partial charge < -0.3 is 26.6 Å². The Morgan fingerprint density at radius 1 is 0.844 bits per heavy atom. The number of phenols is 1. The van der Waals surface area contributed by atoms with Gasteiger partial charge in [0.25, 0.3) is 0 Å². The first kappa shape index (κ1) is 24.9. The van der Waals surface area contributed by atoms with Crippen molar-refractivity contribution >= 4 is 17.8 Å². The van der Waals surface area contributed by atoms with Crippen LogP contribution in [-0.2, 0) is 27.2 Å². The Bertz CT molecular complexity index is 900. The Hall–Kier alpha value is -3.39. The molecule has 3 atom stereocenters. The fourth-order valence-corrected chi connectivity index (χ4v) is 3.29. The van der Waals surface area contributed by atoms with E-state index in [1.165, 1.54) is 12.1 Å². The number of carboxylic acid groups (broad SMARTS) is 1. The number of hydrogen-bond donors (Lipinski definition) is 5. The average Bonchev–Trinajstić information content (AvgIpc) is 2.74. The van der Waals surface area contributed by atoms with Crippen molar-refractivity contribution in [3.8, 4) is 5.75 Å². The lowest BCUT2D eigenvalue weighted by Crippen LogP contribution is -2.55. The lowest BCUT2D eigenvalue weighted by atomic mass is 10.0. The van der Waals surface area contributed by atoms with Gasteiger partial charge in [0.15, 0.2) is 0 Å². The third kappa shape index (κ3) is 8.03. The van der Waals surface area contributed by atoms with Crippen molar-refractivity contribution in [1.82, 2.24) is 10.6 Å². The van der Waals surface area contributed by atoms with Crippen molar-refractivity contribution in [3.05, 3.63) is 65.7 Å². The van der Waals surface area contributed by atoms with Crippen LogP contribution in [0.25, 0.3) is 0 Å². The molecule has 2 aromatic carbocycles. The Kier molecular flexibility index (Phi) is 9.22. The highest BCUT2D eigenvalue weighted by atomic mass is 16.4. The second-order valence-corrected chi connectivity index (χ2v) is 8.26. The summed E-state index contributed by atoms with van der Waals surface area (Å²) < 4.78 is 0. The molecule has 32 heavy (non-hydrogen) atoms. The van der Waals surface area contributed by atoms with Gasteiger partial charge in [0, 0.05) is 12.8 Å². The molecule has 0 aliphatic carbocycles. The van der Waals surface area contributed by atoms with Crippen LogP contribution < -0.4 is 16.4 Å². The molecule has 2 aromatic rings. The Morgan fingerprint density at radius 2 is 1.38 bits per heavy atom. The summed E-state index contributed by atoms with van der Waals surface area (Å²) in [6.07, 6.45) is 0.683. The number of hydrogen-bond acceptors (Lipinski definition) is 5. The van der Waals surface area contributed by atoms with E-state index >= 15 is 0 Å². The van der Waals surface area contributed by atoms with E-state index in [1.54, 1.807) is 12.1 Å². The highest BCUT2D eigenvalue weighted by Gasteiger charge is 2.28. The topological polar surface area (TPSA) is 142 Å². The molecule has 0 heterocycles. The van der Waals surface area contributed by atoms with Crippen LogP contribution in [0, 0.1) is 5.92 Å². The molecule has 3 unspecified atom stereocenters. The van der Waals surface area contributed by atoms with Crippen LogP contribution in [0.15, 0.2) is 54.6 Å². The summed E-state index contributed by atoms with van der Waals surface area (Å²) in [5.41, 5.74) is 7.42. The monoisotopic (exact) mass is 441 g/mol. The summed E-state index contributed by atoms with van der Waals surface area (Å²) in [6.45, 7) is 3.89. The van der Waals surface area contributed by atoms with Crippen LogP contribution in [-0.4, -0.2) is 46.1 Å². The number of benzene rings is 2. The van der Waals surface area contributed by atoms with Crippen molar-refractivity contribution in [1.29, 1.82) is 0 Å². The van der Waals surface area contributed by atoms with Gasteiger partial charge >= 0.3 is 5.97 Å². The minimum Gasteiger partial charge on any atom is -0.508 e. The molecule has 0 fully saturated rings. The summed E-state index contributed by atoms with van der Waals surface area (Å²) >= 11 is 0. The van der Waals surface area contributed by atoms with Crippen molar-refractivity contribution in [2.45, 2.75) is 51.2 Å². The van der Waals surface area contributed by atoms with E-state index in [2.05, 4.69) is 10.6 Å². The highest BCUT2D eigenvalue weighted by Crippen LogP contribution is 2.12. The van der Waals surface area contributed by atoms with Gasteiger partial charge in [-0.2, -0.15) is 0 Å². The fraction of sp³-hybridized carbons (Fsp3) is 0.375. The van der Waals surface area contributed by atoms with Crippen LogP contribution in [0.5, 0.6) is 5.75 Å². The first-order valence-corrected chi connectivity index (χ1v) is 10.6. The average molecular weight is 442 g/mol.